The molecule has 0 saturated heterocycles. The van der Waals surface area contributed by atoms with E-state index in [9.17, 15) is 0 Å². The quantitative estimate of drug-likeness (QED) is 0.180. The van der Waals surface area contributed by atoms with Gasteiger partial charge in [0.05, 0.1) is 16.4 Å². The third-order valence-corrected chi connectivity index (χ3v) is 12.6. The molecule has 0 radical (unpaired) electrons. The zero-order valence-electron chi connectivity index (χ0n) is 32.8. The second-order valence-corrected chi connectivity index (χ2v) is 15.8. The number of nitrogens with zero attached hydrogens (tertiary/aromatic N) is 3. The largest absolute Gasteiger partial charge is 0.445 e. The van der Waals surface area contributed by atoms with Crippen LogP contribution in [0.2, 0.25) is 0 Å². The smallest absolute Gasteiger partial charge is 0.0720 e. The molecule has 1 aromatic heterocycles. The molecular weight excluding hydrogens is 729 g/mol. The van der Waals surface area contributed by atoms with Gasteiger partial charge in [-0.2, -0.15) is 0 Å². The first kappa shape index (κ1) is 34.5. The monoisotopic (exact) mass is 767 g/mol. The third kappa shape index (κ3) is 5.11. The number of fused-ring (bicyclic) bond motifs is 10. The Morgan fingerprint density at radius 1 is 0.500 bits per heavy atom. The Bertz CT molecular complexity index is 3200. The Morgan fingerprint density at radius 3 is 1.77 bits per heavy atom. The van der Waals surface area contributed by atoms with Crippen molar-refractivity contribution in [3.63, 3.8) is 0 Å². The number of para-hydroxylation sites is 1. The van der Waals surface area contributed by atoms with Crippen molar-refractivity contribution >= 4 is 38.4 Å². The summed E-state index contributed by atoms with van der Waals surface area (Å²) in [7, 11) is 0. The van der Waals surface area contributed by atoms with E-state index in [1.807, 2.05) is 24.3 Å². The highest BCUT2D eigenvalue weighted by atomic mass is 15.3. The Labute approximate surface area is 349 Å². The normalized spacial score (nSPS) is 16.6. The van der Waals surface area contributed by atoms with E-state index in [1.165, 1.54) is 66.0 Å². The van der Waals surface area contributed by atoms with Crippen LogP contribution in [0.25, 0.3) is 54.7 Å². The molecular formula is C56H39N4-. The van der Waals surface area contributed by atoms with Gasteiger partial charge in [0.25, 0.3) is 0 Å². The summed E-state index contributed by atoms with van der Waals surface area (Å²) in [6.45, 7) is 0. The van der Waals surface area contributed by atoms with Gasteiger partial charge in [0.1, 0.15) is 0 Å². The SMILES string of the molecule is c1ccc(C2=NC(c3ccc(-n4c5ccccc5c5c6c(c7ccccc7c54)-c4ccccc4C6(c4ccccc4)c4ccccc4)cc3)NC(c3ccccc3)[N-]2)cc1. The van der Waals surface area contributed by atoms with Crippen LogP contribution in [0.15, 0.2) is 223 Å². The molecule has 60 heavy (non-hydrogen) atoms. The highest BCUT2D eigenvalue weighted by Crippen LogP contribution is 2.61. The molecule has 284 valence electrons. The molecule has 0 spiro atoms. The second-order valence-electron chi connectivity index (χ2n) is 15.8. The molecule has 10 aromatic rings. The lowest BCUT2D eigenvalue weighted by Crippen LogP contribution is -2.31. The summed E-state index contributed by atoms with van der Waals surface area (Å²) < 4.78 is 2.50. The van der Waals surface area contributed by atoms with Crippen molar-refractivity contribution in [2.45, 2.75) is 17.7 Å². The minimum atomic E-state index is -0.559. The summed E-state index contributed by atoms with van der Waals surface area (Å²) in [6.07, 6.45) is -0.511. The lowest BCUT2D eigenvalue weighted by atomic mass is 9.66. The Kier molecular flexibility index (Phi) is 7.94. The van der Waals surface area contributed by atoms with Gasteiger partial charge >= 0.3 is 0 Å². The van der Waals surface area contributed by atoms with E-state index in [0.717, 1.165) is 28.2 Å². The third-order valence-electron chi connectivity index (χ3n) is 12.6. The maximum absolute atomic E-state index is 5.20. The van der Waals surface area contributed by atoms with Gasteiger partial charge in [-0.05, 0) is 73.7 Å². The molecule has 1 N–H and O–H groups in total. The molecule has 1 aliphatic carbocycles. The fourth-order valence-corrected chi connectivity index (χ4v) is 10.2. The number of benzene rings is 9. The molecule has 9 aromatic carbocycles. The van der Waals surface area contributed by atoms with Gasteiger partial charge in [-0.15, -0.1) is 0 Å². The van der Waals surface area contributed by atoms with Gasteiger partial charge in [-0.1, -0.05) is 206 Å². The van der Waals surface area contributed by atoms with Gasteiger partial charge < -0.3 is 20.2 Å². The molecule has 12 rings (SSSR count). The van der Waals surface area contributed by atoms with Gasteiger partial charge in [0.15, 0.2) is 0 Å². The molecule has 2 unspecified atom stereocenters. The average Bonchev–Trinajstić information content (AvgIpc) is 3.84. The summed E-state index contributed by atoms with van der Waals surface area (Å²) in [5.41, 5.74) is 13.9. The Hall–Kier alpha value is -7.53. The van der Waals surface area contributed by atoms with Crippen LogP contribution in [0.3, 0.4) is 0 Å². The van der Waals surface area contributed by atoms with Crippen LogP contribution in [0.4, 0.5) is 0 Å². The number of hydrogen-bond acceptors (Lipinski definition) is 2. The molecule has 4 heteroatoms. The van der Waals surface area contributed by atoms with E-state index in [-0.39, 0.29) is 12.3 Å². The first-order valence-corrected chi connectivity index (χ1v) is 20.7. The number of aromatic nitrogens is 1. The van der Waals surface area contributed by atoms with Crippen LogP contribution in [-0.2, 0) is 5.41 Å². The summed E-state index contributed by atoms with van der Waals surface area (Å²) >= 11 is 0. The van der Waals surface area contributed by atoms with Gasteiger partial charge in [-0.3, -0.25) is 0 Å². The summed E-state index contributed by atoms with van der Waals surface area (Å²) in [5.74, 6) is 0.751. The predicted molar refractivity (Wildman–Crippen MR) is 247 cm³/mol. The average molecular weight is 768 g/mol. The summed E-state index contributed by atoms with van der Waals surface area (Å²) in [5, 5.41) is 13.8. The zero-order valence-corrected chi connectivity index (χ0v) is 32.8. The van der Waals surface area contributed by atoms with Crippen LogP contribution < -0.4 is 5.32 Å². The van der Waals surface area contributed by atoms with E-state index in [4.69, 9.17) is 10.3 Å². The highest BCUT2D eigenvalue weighted by molar-refractivity contribution is 6.26. The molecule has 0 saturated carbocycles. The van der Waals surface area contributed by atoms with Crippen LogP contribution in [0.5, 0.6) is 0 Å². The minimum absolute atomic E-state index is 0.229. The van der Waals surface area contributed by atoms with Crippen molar-refractivity contribution < 1.29 is 0 Å². The first-order chi connectivity index (χ1) is 29.8. The van der Waals surface area contributed by atoms with Gasteiger partial charge in [-0.25, -0.2) is 0 Å². The fraction of sp³-hybridized carbons (Fsp3) is 0.0536. The van der Waals surface area contributed by atoms with E-state index in [1.54, 1.807) is 0 Å². The number of hydrogen-bond donors (Lipinski definition) is 1. The summed E-state index contributed by atoms with van der Waals surface area (Å²) in [6, 6.07) is 79.1. The maximum atomic E-state index is 5.20. The van der Waals surface area contributed by atoms with E-state index >= 15 is 0 Å². The fourth-order valence-electron chi connectivity index (χ4n) is 10.2. The van der Waals surface area contributed by atoms with Gasteiger partial charge in [0, 0.05) is 34.2 Å². The molecule has 2 aliphatic rings. The molecule has 0 bridgehead atoms. The molecule has 0 amide bonds. The van der Waals surface area contributed by atoms with Crippen LogP contribution in [0.1, 0.15) is 51.3 Å². The Balaban J connectivity index is 1.11. The minimum Gasteiger partial charge on any atom is -0.445 e. The van der Waals surface area contributed by atoms with Crippen molar-refractivity contribution in [1.29, 1.82) is 0 Å². The van der Waals surface area contributed by atoms with Crippen molar-refractivity contribution in [3.05, 3.63) is 263 Å². The lowest BCUT2D eigenvalue weighted by molar-refractivity contribution is 0.488. The standard InChI is InChI=1S/C56H39N4/c1-5-19-37(20-6-1)53-57-54(38-21-7-2-8-22-38)59-55(58-53)39-33-35-42(36-34-39)60-48-32-18-16-30-46(48)50-51-49(43-27-13-14-28-44(43)52(50)60)45-29-15-17-31-47(45)56(51,40-23-9-3-10-24-40)41-25-11-4-12-26-41/h1-36,53,55,58H/q-1. The van der Waals surface area contributed by atoms with Crippen LogP contribution in [0, 0.1) is 0 Å². The van der Waals surface area contributed by atoms with Crippen LogP contribution in [-0.4, -0.2) is 10.4 Å². The number of nitrogens with one attached hydrogen (secondary N) is 1. The van der Waals surface area contributed by atoms with Crippen molar-refractivity contribution in [2.75, 3.05) is 0 Å². The lowest BCUT2D eigenvalue weighted by Gasteiger charge is -2.40. The highest BCUT2D eigenvalue weighted by Gasteiger charge is 2.48. The number of amidine groups is 1. The molecule has 2 atom stereocenters. The van der Waals surface area contributed by atoms with Crippen molar-refractivity contribution in [1.82, 2.24) is 9.88 Å². The molecule has 2 heterocycles. The topological polar surface area (TPSA) is 43.4 Å². The van der Waals surface area contributed by atoms with Crippen LogP contribution >= 0.6 is 0 Å². The summed E-state index contributed by atoms with van der Waals surface area (Å²) in [4.78, 5) is 5.20. The maximum Gasteiger partial charge on any atom is 0.0720 e. The number of aliphatic imine (C=N–C) groups is 1. The van der Waals surface area contributed by atoms with E-state index in [0.29, 0.717) is 0 Å². The predicted octanol–water partition coefficient (Wildman–Crippen LogP) is 13.4. The van der Waals surface area contributed by atoms with Gasteiger partial charge in [0.2, 0.25) is 0 Å². The Morgan fingerprint density at radius 2 is 1.07 bits per heavy atom. The zero-order chi connectivity index (χ0) is 39.6. The molecule has 4 nitrogen and oxygen atoms in total. The number of rotatable bonds is 6. The second kappa shape index (κ2) is 13.8. The van der Waals surface area contributed by atoms with Crippen molar-refractivity contribution in [2.24, 2.45) is 4.99 Å². The van der Waals surface area contributed by atoms with E-state index in [2.05, 4.69) is 204 Å². The molecule has 1 aliphatic heterocycles. The van der Waals surface area contributed by atoms with E-state index < -0.39 is 5.41 Å². The first-order valence-electron chi connectivity index (χ1n) is 20.7. The molecule has 0 fully saturated rings. The van der Waals surface area contributed by atoms with Crippen molar-refractivity contribution in [3.8, 4) is 16.8 Å².